The molecule has 0 spiro atoms. The van der Waals surface area contributed by atoms with E-state index in [-0.39, 0.29) is 27.8 Å². The number of hydrogen-bond acceptors (Lipinski definition) is 4. The highest BCUT2D eigenvalue weighted by Crippen LogP contribution is 2.13. The fourth-order valence-electron chi connectivity index (χ4n) is 1.96. The first kappa shape index (κ1) is 19.4. The summed E-state index contributed by atoms with van der Waals surface area (Å²) in [6.07, 6.45) is 0. The van der Waals surface area contributed by atoms with Crippen LogP contribution in [0, 0.1) is 6.92 Å². The first-order valence-electron chi connectivity index (χ1n) is 6.78. The molecule has 0 unspecified atom stereocenters. The molecule has 0 aliphatic carbocycles. The number of benzene rings is 2. The zero-order valence-electron chi connectivity index (χ0n) is 13.0. The van der Waals surface area contributed by atoms with E-state index in [1.807, 2.05) is 0 Å². The van der Waals surface area contributed by atoms with Crippen molar-refractivity contribution < 1.29 is 39.6 Å². The first-order chi connectivity index (χ1) is 11.7. The molecule has 25 heavy (non-hydrogen) atoms. The van der Waals surface area contributed by atoms with E-state index in [1.165, 1.54) is 49.4 Å². The quantitative estimate of drug-likeness (QED) is 0.659. The molecule has 0 saturated carbocycles. The minimum Gasteiger partial charge on any atom is -0.478 e. The second-order valence-electron chi connectivity index (χ2n) is 4.74. The van der Waals surface area contributed by atoms with Gasteiger partial charge in [-0.2, -0.15) is 0 Å². The molecule has 130 valence electrons. The average Bonchev–Trinajstić information content (AvgIpc) is 2.55. The van der Waals surface area contributed by atoms with Crippen molar-refractivity contribution in [1.82, 2.24) is 0 Å². The normalized spacial score (nSPS) is 9.48. The molecule has 2 rings (SSSR count). The van der Waals surface area contributed by atoms with Gasteiger partial charge in [0.25, 0.3) is 0 Å². The van der Waals surface area contributed by atoms with Gasteiger partial charge in [0.2, 0.25) is 0 Å². The second kappa shape index (κ2) is 8.25. The van der Waals surface area contributed by atoms with Crippen LogP contribution >= 0.6 is 0 Å². The second-order valence-corrected chi connectivity index (χ2v) is 4.74. The number of hydrogen-bond donors (Lipinski definition) is 4. The molecule has 2 aromatic rings. The minimum atomic E-state index is -1.23. The van der Waals surface area contributed by atoms with Gasteiger partial charge in [-0.05, 0) is 36.8 Å². The van der Waals surface area contributed by atoms with Gasteiger partial charge in [0, 0.05) is 0 Å². The van der Waals surface area contributed by atoms with Crippen LogP contribution in [0.1, 0.15) is 47.0 Å². The fourth-order valence-corrected chi connectivity index (χ4v) is 1.96. The Kier molecular flexibility index (Phi) is 6.39. The summed E-state index contributed by atoms with van der Waals surface area (Å²) in [4.78, 5) is 42.1. The molecule has 0 amide bonds. The van der Waals surface area contributed by atoms with E-state index in [0.717, 1.165) is 0 Å². The van der Waals surface area contributed by atoms with Crippen LogP contribution in [0.3, 0.4) is 0 Å². The van der Waals surface area contributed by atoms with Gasteiger partial charge in [-0.1, -0.05) is 18.2 Å². The zero-order chi connectivity index (χ0) is 19.1. The van der Waals surface area contributed by atoms with Crippen molar-refractivity contribution in [3.8, 4) is 0 Å². The third-order valence-corrected chi connectivity index (χ3v) is 3.18. The van der Waals surface area contributed by atoms with Crippen LogP contribution < -0.4 is 0 Å². The topological polar surface area (TPSA) is 149 Å². The van der Waals surface area contributed by atoms with E-state index in [4.69, 9.17) is 20.4 Å². The average molecular weight is 346 g/mol. The Bertz CT molecular complexity index is 773. The Morgan fingerprint density at radius 3 is 1.12 bits per heavy atom. The van der Waals surface area contributed by atoms with E-state index in [0.29, 0.717) is 0 Å². The van der Waals surface area contributed by atoms with Crippen molar-refractivity contribution in [2.45, 2.75) is 6.92 Å². The molecule has 8 heteroatoms. The maximum absolute atomic E-state index is 10.6. The predicted octanol–water partition coefficient (Wildman–Crippen LogP) is 2.47. The number of carbonyl (C=O) groups is 4. The standard InChI is InChI=1S/C9H8O4.C8H6O4/c1-5-6(8(10)11)3-2-4-7(5)9(12)13;9-7(10)5-3-1-2-4-6(5)8(11)12/h2-4H,1H3,(H,10,11)(H,12,13);1-4H,(H,9,10)(H,11,12). The van der Waals surface area contributed by atoms with Crippen molar-refractivity contribution in [3.05, 3.63) is 70.3 Å². The minimum absolute atomic E-state index is 0.0277. The van der Waals surface area contributed by atoms with Crippen molar-refractivity contribution in [2.24, 2.45) is 0 Å². The lowest BCUT2D eigenvalue weighted by Gasteiger charge is -2.03. The number of rotatable bonds is 4. The van der Waals surface area contributed by atoms with Gasteiger partial charge in [0.05, 0.1) is 22.3 Å². The van der Waals surface area contributed by atoms with Crippen molar-refractivity contribution in [2.75, 3.05) is 0 Å². The molecule has 0 aromatic heterocycles. The van der Waals surface area contributed by atoms with Crippen molar-refractivity contribution >= 4 is 23.9 Å². The van der Waals surface area contributed by atoms with Crippen LogP contribution in [0.5, 0.6) is 0 Å². The molecule has 0 aliphatic heterocycles. The lowest BCUT2D eigenvalue weighted by molar-refractivity contribution is 0.0651. The fraction of sp³-hybridized carbons (Fsp3) is 0.0588. The summed E-state index contributed by atoms with van der Waals surface area (Å²) in [6, 6.07) is 9.65. The lowest BCUT2D eigenvalue weighted by Crippen LogP contribution is -2.06. The summed E-state index contributed by atoms with van der Waals surface area (Å²) in [5, 5.41) is 34.5. The predicted molar refractivity (Wildman–Crippen MR) is 85.5 cm³/mol. The Labute approximate surface area is 141 Å². The van der Waals surface area contributed by atoms with Gasteiger partial charge < -0.3 is 20.4 Å². The molecule has 0 bridgehead atoms. The summed E-state index contributed by atoms with van der Waals surface area (Å²) in [6.45, 7) is 1.48. The molecule has 0 saturated heterocycles. The highest BCUT2D eigenvalue weighted by Gasteiger charge is 2.14. The summed E-state index contributed by atoms with van der Waals surface area (Å²) in [5.74, 6) is -4.68. The molecule has 0 aliphatic rings. The van der Waals surface area contributed by atoms with Crippen molar-refractivity contribution in [1.29, 1.82) is 0 Å². The van der Waals surface area contributed by atoms with Gasteiger partial charge in [0.1, 0.15) is 0 Å². The molecule has 8 nitrogen and oxygen atoms in total. The van der Waals surface area contributed by atoms with Crippen LogP contribution in [0.25, 0.3) is 0 Å². The van der Waals surface area contributed by atoms with Gasteiger partial charge >= 0.3 is 23.9 Å². The molecule has 0 heterocycles. The molecule has 0 atom stereocenters. The maximum Gasteiger partial charge on any atom is 0.336 e. The summed E-state index contributed by atoms with van der Waals surface area (Å²) in [5.41, 5.74) is -0.0442. The van der Waals surface area contributed by atoms with Gasteiger partial charge in [-0.15, -0.1) is 0 Å². The third kappa shape index (κ3) is 4.90. The summed E-state index contributed by atoms with van der Waals surface area (Å²) < 4.78 is 0. The van der Waals surface area contributed by atoms with E-state index in [2.05, 4.69) is 0 Å². The Hall–Kier alpha value is -3.68. The summed E-state index contributed by atoms with van der Waals surface area (Å²) >= 11 is 0. The maximum atomic E-state index is 10.6. The molecular weight excluding hydrogens is 332 g/mol. The van der Waals surface area contributed by atoms with Gasteiger partial charge in [0.15, 0.2) is 0 Å². The van der Waals surface area contributed by atoms with Gasteiger partial charge in [-0.3, -0.25) is 0 Å². The highest BCUT2D eigenvalue weighted by molar-refractivity contribution is 6.01. The molecule has 4 N–H and O–H groups in total. The van der Waals surface area contributed by atoms with E-state index in [9.17, 15) is 19.2 Å². The van der Waals surface area contributed by atoms with Crippen molar-refractivity contribution in [3.63, 3.8) is 0 Å². The molecule has 0 radical (unpaired) electrons. The molecule has 0 fully saturated rings. The lowest BCUT2D eigenvalue weighted by atomic mass is 10.0. The number of aromatic carboxylic acids is 4. The zero-order valence-corrected chi connectivity index (χ0v) is 13.0. The van der Waals surface area contributed by atoms with Gasteiger partial charge in [-0.25, -0.2) is 19.2 Å². The Balaban J connectivity index is 0.000000251. The van der Waals surface area contributed by atoms with Crippen LogP contribution in [0.4, 0.5) is 0 Å². The van der Waals surface area contributed by atoms with Crippen LogP contribution in [-0.2, 0) is 0 Å². The van der Waals surface area contributed by atoms with Crippen LogP contribution in [0.15, 0.2) is 42.5 Å². The largest absolute Gasteiger partial charge is 0.478 e. The first-order valence-corrected chi connectivity index (χ1v) is 6.78. The van der Waals surface area contributed by atoms with E-state index < -0.39 is 23.9 Å². The van der Waals surface area contributed by atoms with E-state index in [1.54, 1.807) is 0 Å². The molecule has 2 aromatic carbocycles. The summed E-state index contributed by atoms with van der Waals surface area (Å²) in [7, 11) is 0. The van der Waals surface area contributed by atoms with E-state index >= 15 is 0 Å². The SMILES string of the molecule is Cc1c(C(=O)O)cccc1C(=O)O.O=C(O)c1ccccc1C(=O)O. The smallest absolute Gasteiger partial charge is 0.336 e. The third-order valence-electron chi connectivity index (χ3n) is 3.18. The Morgan fingerprint density at radius 1 is 0.560 bits per heavy atom. The van der Waals surface area contributed by atoms with Crippen LogP contribution in [0.2, 0.25) is 0 Å². The Morgan fingerprint density at radius 2 is 0.840 bits per heavy atom. The number of carboxylic acids is 4. The number of carboxylic acid groups (broad SMARTS) is 4. The molecular formula is C17H14O8. The monoisotopic (exact) mass is 346 g/mol. The highest BCUT2D eigenvalue weighted by atomic mass is 16.4. The van der Waals surface area contributed by atoms with Crippen LogP contribution in [-0.4, -0.2) is 44.3 Å².